The second kappa shape index (κ2) is 4.74. The average Bonchev–Trinajstić information content (AvgIpc) is 2.49. The molecule has 1 fully saturated rings. The minimum absolute atomic E-state index is 0.0930. The zero-order valence-corrected chi connectivity index (χ0v) is 12.0. The van der Waals surface area contributed by atoms with E-state index in [1.807, 2.05) is 6.07 Å². The quantitative estimate of drug-likeness (QED) is 0.876. The third-order valence-corrected chi connectivity index (χ3v) is 4.95. The summed E-state index contributed by atoms with van der Waals surface area (Å²) in [6.07, 6.45) is 0.654. The van der Waals surface area contributed by atoms with Gasteiger partial charge in [0.05, 0.1) is 0 Å². The zero-order chi connectivity index (χ0) is 15.3. The highest BCUT2D eigenvalue weighted by molar-refractivity contribution is 5.34. The van der Waals surface area contributed by atoms with Gasteiger partial charge in [-0.25, -0.2) is 8.78 Å². The molecule has 0 saturated carbocycles. The smallest absolute Gasteiger partial charge is 0.250 e. The zero-order valence-electron chi connectivity index (χ0n) is 12.0. The first-order valence-corrected chi connectivity index (χ1v) is 7.46. The molecule has 0 spiro atoms. The van der Waals surface area contributed by atoms with Gasteiger partial charge < -0.3 is 9.88 Å². The van der Waals surface area contributed by atoms with E-state index in [1.54, 1.807) is 10.6 Å². The predicted molar refractivity (Wildman–Crippen MR) is 79.0 cm³/mol. The van der Waals surface area contributed by atoms with Crippen molar-refractivity contribution < 1.29 is 8.78 Å². The summed E-state index contributed by atoms with van der Waals surface area (Å²) < 4.78 is 30.4. The van der Waals surface area contributed by atoms with Gasteiger partial charge >= 0.3 is 0 Å². The Morgan fingerprint density at radius 3 is 2.64 bits per heavy atom. The van der Waals surface area contributed by atoms with Crippen LogP contribution < -0.4 is 10.9 Å². The summed E-state index contributed by atoms with van der Waals surface area (Å²) in [6.45, 7) is 1.51. The van der Waals surface area contributed by atoms with Crippen LogP contribution in [0.2, 0.25) is 0 Å². The van der Waals surface area contributed by atoms with Gasteiger partial charge in [0.15, 0.2) is 0 Å². The van der Waals surface area contributed by atoms with Crippen LogP contribution in [0.15, 0.2) is 41.2 Å². The number of benzene rings is 1. The molecule has 2 aliphatic rings. The van der Waals surface area contributed by atoms with Crippen LogP contribution >= 0.6 is 0 Å². The molecule has 114 valence electrons. The topological polar surface area (TPSA) is 34.0 Å². The summed E-state index contributed by atoms with van der Waals surface area (Å²) in [5.41, 5.74) is 0.238. The highest BCUT2D eigenvalue weighted by Crippen LogP contribution is 2.44. The summed E-state index contributed by atoms with van der Waals surface area (Å²) in [4.78, 5) is 12.2. The number of fused-ring (bicyclic) bond motifs is 4. The number of hydrogen-bond donors (Lipinski definition) is 1. The van der Waals surface area contributed by atoms with Gasteiger partial charge in [-0.15, -0.1) is 0 Å². The standard InChI is InChI=1S/C17H16F2N2O/c18-12-3-1-4-13(19)16(12)17-7-11(8-20-9-17)14-5-2-6-15(22)21(14)10-17/h1-6,11,20H,7-10H2/t11-,17-/m1/s1. The van der Waals surface area contributed by atoms with Crippen molar-refractivity contribution in [3.8, 4) is 0 Å². The number of nitrogens with one attached hydrogen (secondary N) is 1. The van der Waals surface area contributed by atoms with Crippen LogP contribution in [0.3, 0.4) is 0 Å². The number of aromatic nitrogens is 1. The molecular formula is C17H16F2N2O. The van der Waals surface area contributed by atoms with E-state index in [4.69, 9.17) is 0 Å². The third kappa shape index (κ3) is 1.85. The van der Waals surface area contributed by atoms with E-state index in [0.717, 1.165) is 12.2 Å². The Morgan fingerprint density at radius 2 is 1.86 bits per heavy atom. The number of hydrogen-bond acceptors (Lipinski definition) is 2. The predicted octanol–water partition coefficient (Wildman–Crippen LogP) is 2.16. The molecule has 0 radical (unpaired) electrons. The van der Waals surface area contributed by atoms with Crippen molar-refractivity contribution in [1.29, 1.82) is 0 Å². The maximum absolute atomic E-state index is 14.3. The van der Waals surface area contributed by atoms with Gasteiger partial charge in [0, 0.05) is 48.3 Å². The fraction of sp³-hybridized carbons (Fsp3) is 0.353. The SMILES string of the molecule is O=c1cccc2n1C[C@]1(c3c(F)cccc3F)CNC[C@H]2C1. The first-order valence-electron chi connectivity index (χ1n) is 7.46. The van der Waals surface area contributed by atoms with Gasteiger partial charge in [-0.2, -0.15) is 0 Å². The summed E-state index contributed by atoms with van der Waals surface area (Å²) in [6, 6.07) is 9.14. The summed E-state index contributed by atoms with van der Waals surface area (Å²) in [5.74, 6) is -0.972. The Balaban J connectivity index is 1.93. The van der Waals surface area contributed by atoms with E-state index in [1.165, 1.54) is 24.3 Å². The number of nitrogens with zero attached hydrogens (tertiary/aromatic N) is 1. The lowest BCUT2D eigenvalue weighted by Gasteiger charge is -2.47. The minimum atomic E-state index is -0.712. The van der Waals surface area contributed by atoms with Crippen molar-refractivity contribution in [2.24, 2.45) is 0 Å². The van der Waals surface area contributed by atoms with Crippen LogP contribution in [-0.2, 0) is 12.0 Å². The molecule has 0 unspecified atom stereocenters. The first-order chi connectivity index (χ1) is 10.6. The van der Waals surface area contributed by atoms with Crippen molar-refractivity contribution in [1.82, 2.24) is 9.88 Å². The van der Waals surface area contributed by atoms with Crippen molar-refractivity contribution in [3.63, 3.8) is 0 Å². The maximum Gasteiger partial charge on any atom is 0.250 e. The molecule has 0 aliphatic carbocycles. The van der Waals surface area contributed by atoms with Crippen molar-refractivity contribution >= 4 is 0 Å². The van der Waals surface area contributed by atoms with Gasteiger partial charge in [-0.1, -0.05) is 12.1 Å². The van der Waals surface area contributed by atoms with Gasteiger partial charge in [-0.3, -0.25) is 4.79 Å². The van der Waals surface area contributed by atoms with Crippen molar-refractivity contribution in [2.45, 2.75) is 24.3 Å². The maximum atomic E-state index is 14.3. The molecule has 1 aromatic heterocycles. The van der Waals surface area contributed by atoms with Gasteiger partial charge in [-0.05, 0) is 24.6 Å². The number of pyridine rings is 1. The molecule has 4 rings (SSSR count). The molecule has 5 heteroatoms. The van der Waals surface area contributed by atoms with Gasteiger partial charge in [0.2, 0.25) is 0 Å². The Kier molecular flexibility index (Phi) is 2.94. The average molecular weight is 302 g/mol. The van der Waals surface area contributed by atoms with Crippen molar-refractivity contribution in [3.05, 3.63) is 69.6 Å². The van der Waals surface area contributed by atoms with Crippen LogP contribution in [0.1, 0.15) is 23.6 Å². The Hall–Kier alpha value is -2.01. The second-order valence-corrected chi connectivity index (χ2v) is 6.28. The summed E-state index contributed by atoms with van der Waals surface area (Å²) in [5, 5.41) is 3.29. The molecular weight excluding hydrogens is 286 g/mol. The normalized spacial score (nSPS) is 26.5. The van der Waals surface area contributed by atoms with E-state index < -0.39 is 17.0 Å². The third-order valence-electron chi connectivity index (χ3n) is 4.95. The fourth-order valence-corrected chi connectivity index (χ4v) is 4.07. The van der Waals surface area contributed by atoms with E-state index in [2.05, 4.69) is 5.32 Å². The molecule has 2 atom stereocenters. The Labute approximate surface area is 126 Å². The molecule has 2 aromatic rings. The molecule has 22 heavy (non-hydrogen) atoms. The van der Waals surface area contributed by atoms with E-state index in [-0.39, 0.29) is 17.0 Å². The van der Waals surface area contributed by atoms with Crippen molar-refractivity contribution in [2.75, 3.05) is 13.1 Å². The summed E-state index contributed by atoms with van der Waals surface area (Å²) >= 11 is 0. The number of piperidine rings is 1. The lowest BCUT2D eigenvalue weighted by atomic mass is 9.67. The molecule has 1 N–H and O–H groups in total. The lowest BCUT2D eigenvalue weighted by Crippen LogP contribution is -2.55. The number of halogens is 2. The van der Waals surface area contributed by atoms with Crippen LogP contribution in [0, 0.1) is 11.6 Å². The molecule has 1 saturated heterocycles. The molecule has 1 aromatic carbocycles. The molecule has 2 aliphatic heterocycles. The molecule has 3 nitrogen and oxygen atoms in total. The van der Waals surface area contributed by atoms with Crippen LogP contribution in [0.4, 0.5) is 8.78 Å². The van der Waals surface area contributed by atoms with E-state index >= 15 is 0 Å². The van der Waals surface area contributed by atoms with Crippen LogP contribution in [0.5, 0.6) is 0 Å². The van der Waals surface area contributed by atoms with Crippen LogP contribution in [0.25, 0.3) is 0 Å². The Morgan fingerprint density at radius 1 is 1.14 bits per heavy atom. The van der Waals surface area contributed by atoms with E-state index in [0.29, 0.717) is 19.5 Å². The highest BCUT2D eigenvalue weighted by atomic mass is 19.1. The highest BCUT2D eigenvalue weighted by Gasteiger charge is 2.46. The fourth-order valence-electron chi connectivity index (χ4n) is 4.07. The molecule has 2 bridgehead atoms. The largest absolute Gasteiger partial charge is 0.315 e. The first kappa shape index (κ1) is 13.6. The summed E-state index contributed by atoms with van der Waals surface area (Å²) in [7, 11) is 0. The lowest BCUT2D eigenvalue weighted by molar-refractivity contribution is 0.196. The molecule has 3 heterocycles. The number of rotatable bonds is 1. The minimum Gasteiger partial charge on any atom is -0.315 e. The Bertz CT molecular complexity index is 781. The van der Waals surface area contributed by atoms with Gasteiger partial charge in [0.25, 0.3) is 5.56 Å². The van der Waals surface area contributed by atoms with Crippen LogP contribution in [-0.4, -0.2) is 17.7 Å². The second-order valence-electron chi connectivity index (χ2n) is 6.28. The monoisotopic (exact) mass is 302 g/mol. The van der Waals surface area contributed by atoms with E-state index in [9.17, 15) is 13.6 Å². The molecule has 0 amide bonds. The van der Waals surface area contributed by atoms with Gasteiger partial charge in [0.1, 0.15) is 11.6 Å².